The Labute approximate surface area is 148 Å². The van der Waals surface area contributed by atoms with Crippen LogP contribution in [-0.4, -0.2) is 16.8 Å². The summed E-state index contributed by atoms with van der Waals surface area (Å²) >= 11 is 1.48. The van der Waals surface area contributed by atoms with Crippen LogP contribution in [0.3, 0.4) is 0 Å². The number of hydrogen-bond acceptors (Lipinski definition) is 5. The van der Waals surface area contributed by atoms with Crippen molar-refractivity contribution >= 4 is 28.8 Å². The van der Waals surface area contributed by atoms with E-state index in [0.29, 0.717) is 22.6 Å². The van der Waals surface area contributed by atoms with Crippen molar-refractivity contribution in [2.45, 2.75) is 6.61 Å². The van der Waals surface area contributed by atoms with Gasteiger partial charge in [0.25, 0.3) is 5.91 Å². The zero-order valence-electron chi connectivity index (χ0n) is 13.1. The third-order valence-electron chi connectivity index (χ3n) is 3.40. The molecule has 0 spiro atoms. The molecule has 0 radical (unpaired) electrons. The van der Waals surface area contributed by atoms with Gasteiger partial charge >= 0.3 is 0 Å². The van der Waals surface area contributed by atoms with Crippen LogP contribution in [0.4, 0.5) is 5.69 Å². The number of rotatable bonds is 6. The molecule has 6 nitrogen and oxygen atoms in total. The van der Waals surface area contributed by atoms with E-state index in [1.165, 1.54) is 17.4 Å². The van der Waals surface area contributed by atoms with E-state index >= 15 is 0 Å². The third kappa shape index (κ3) is 4.21. The minimum Gasteiger partial charge on any atom is -0.486 e. The number of nitrogens with zero attached hydrogens (tertiary/aromatic N) is 1. The number of ether oxygens (including phenoxy) is 1. The van der Waals surface area contributed by atoms with Crippen molar-refractivity contribution in [1.82, 2.24) is 4.98 Å². The first-order chi connectivity index (χ1) is 12.1. The van der Waals surface area contributed by atoms with Crippen LogP contribution < -0.4 is 15.8 Å². The molecule has 1 heterocycles. The Morgan fingerprint density at radius 1 is 1.16 bits per heavy atom. The molecule has 1 aromatic heterocycles. The summed E-state index contributed by atoms with van der Waals surface area (Å²) in [6, 6.07) is 13.4. The highest BCUT2D eigenvalue weighted by atomic mass is 32.1. The van der Waals surface area contributed by atoms with Gasteiger partial charge in [0.05, 0.1) is 16.8 Å². The lowest BCUT2D eigenvalue weighted by Gasteiger charge is -2.11. The number of thiazole rings is 1. The lowest BCUT2D eigenvalue weighted by molar-refractivity contribution is 0.0995. The van der Waals surface area contributed by atoms with Gasteiger partial charge in [0.1, 0.15) is 12.4 Å². The van der Waals surface area contributed by atoms with Crippen LogP contribution in [0.25, 0.3) is 0 Å². The maximum Gasteiger partial charge on any atom is 0.259 e. The van der Waals surface area contributed by atoms with Crippen LogP contribution in [0.1, 0.15) is 26.4 Å². The van der Waals surface area contributed by atoms with Gasteiger partial charge in [0.15, 0.2) is 0 Å². The first kappa shape index (κ1) is 16.7. The van der Waals surface area contributed by atoms with Crippen molar-refractivity contribution < 1.29 is 14.3 Å². The van der Waals surface area contributed by atoms with Crippen LogP contribution >= 0.6 is 11.3 Å². The Morgan fingerprint density at radius 2 is 2.00 bits per heavy atom. The highest BCUT2D eigenvalue weighted by molar-refractivity contribution is 7.07. The van der Waals surface area contributed by atoms with E-state index in [4.69, 9.17) is 10.5 Å². The van der Waals surface area contributed by atoms with Crippen molar-refractivity contribution in [2.24, 2.45) is 5.73 Å². The summed E-state index contributed by atoms with van der Waals surface area (Å²) in [5.74, 6) is -0.433. The summed E-state index contributed by atoms with van der Waals surface area (Å²) in [5, 5.41) is 4.63. The molecule has 2 aromatic carbocycles. The van der Waals surface area contributed by atoms with Gasteiger partial charge in [-0.25, -0.2) is 4.98 Å². The SMILES string of the molecule is NC(=O)c1cccc(NC(=O)c2ccccc2OCc2cscn2)c1. The monoisotopic (exact) mass is 353 g/mol. The van der Waals surface area contributed by atoms with Crippen LogP contribution in [0.2, 0.25) is 0 Å². The summed E-state index contributed by atoms with van der Waals surface area (Å²) in [5.41, 5.74) is 8.98. The van der Waals surface area contributed by atoms with Crippen molar-refractivity contribution in [3.63, 3.8) is 0 Å². The summed E-state index contributed by atoms with van der Waals surface area (Å²) in [6.45, 7) is 0.283. The number of primary amides is 1. The summed E-state index contributed by atoms with van der Waals surface area (Å²) < 4.78 is 5.71. The lowest BCUT2D eigenvalue weighted by Crippen LogP contribution is -2.15. The van der Waals surface area contributed by atoms with Gasteiger partial charge in [-0.3, -0.25) is 9.59 Å². The Balaban J connectivity index is 1.75. The van der Waals surface area contributed by atoms with Gasteiger partial charge in [0, 0.05) is 16.6 Å². The topological polar surface area (TPSA) is 94.3 Å². The number of hydrogen-bond donors (Lipinski definition) is 2. The largest absolute Gasteiger partial charge is 0.486 e. The highest BCUT2D eigenvalue weighted by Gasteiger charge is 2.13. The van der Waals surface area contributed by atoms with Crippen LogP contribution in [-0.2, 0) is 6.61 Å². The second-order valence-electron chi connectivity index (χ2n) is 5.16. The quantitative estimate of drug-likeness (QED) is 0.712. The first-order valence-electron chi connectivity index (χ1n) is 7.43. The highest BCUT2D eigenvalue weighted by Crippen LogP contribution is 2.21. The maximum absolute atomic E-state index is 12.6. The minimum absolute atomic E-state index is 0.283. The molecule has 7 heteroatoms. The predicted molar refractivity (Wildman–Crippen MR) is 95.8 cm³/mol. The number of anilines is 1. The van der Waals surface area contributed by atoms with Gasteiger partial charge < -0.3 is 15.8 Å². The van der Waals surface area contributed by atoms with Gasteiger partial charge in [0.2, 0.25) is 5.91 Å². The second kappa shape index (κ2) is 7.59. The van der Waals surface area contributed by atoms with Gasteiger partial charge in [-0.05, 0) is 30.3 Å². The van der Waals surface area contributed by atoms with Crippen LogP contribution in [0.15, 0.2) is 59.4 Å². The van der Waals surface area contributed by atoms with Crippen LogP contribution in [0.5, 0.6) is 5.75 Å². The smallest absolute Gasteiger partial charge is 0.259 e. The molecule has 0 saturated heterocycles. The summed E-state index contributed by atoms with van der Waals surface area (Å²) in [7, 11) is 0. The number of amides is 2. The number of para-hydroxylation sites is 1. The molecule has 3 rings (SSSR count). The fourth-order valence-corrected chi connectivity index (χ4v) is 2.73. The van der Waals surface area contributed by atoms with Gasteiger partial charge in [-0.2, -0.15) is 0 Å². The second-order valence-corrected chi connectivity index (χ2v) is 5.88. The molecule has 25 heavy (non-hydrogen) atoms. The molecular weight excluding hydrogens is 338 g/mol. The summed E-state index contributed by atoms with van der Waals surface area (Å²) in [6.07, 6.45) is 0. The molecule has 3 N–H and O–H groups in total. The maximum atomic E-state index is 12.6. The van der Waals surface area contributed by atoms with E-state index in [1.54, 1.807) is 48.0 Å². The number of carbonyl (C=O) groups is 2. The van der Waals surface area contributed by atoms with Crippen molar-refractivity contribution in [2.75, 3.05) is 5.32 Å². The Bertz CT molecular complexity index is 894. The minimum atomic E-state index is -0.553. The number of nitrogens with two attached hydrogens (primary N) is 1. The Kier molecular flexibility index (Phi) is 5.06. The molecule has 0 aliphatic heterocycles. The molecule has 126 valence electrons. The molecule has 3 aromatic rings. The Morgan fingerprint density at radius 3 is 2.76 bits per heavy atom. The standard InChI is InChI=1S/C18H15N3O3S/c19-17(22)12-4-3-5-13(8-12)21-18(23)15-6-1-2-7-16(15)24-9-14-10-25-11-20-14/h1-8,10-11H,9H2,(H2,19,22)(H,21,23). The molecule has 0 atom stereocenters. The third-order valence-corrected chi connectivity index (χ3v) is 4.03. The number of aromatic nitrogens is 1. The first-order valence-corrected chi connectivity index (χ1v) is 8.38. The molecule has 0 aliphatic carbocycles. The number of nitrogens with one attached hydrogen (secondary N) is 1. The fraction of sp³-hybridized carbons (Fsp3) is 0.0556. The Hall–Kier alpha value is -3.19. The van der Waals surface area contributed by atoms with Gasteiger partial charge in [-0.1, -0.05) is 18.2 Å². The predicted octanol–water partition coefficient (Wildman–Crippen LogP) is 3.07. The average molecular weight is 353 g/mol. The van der Waals surface area contributed by atoms with E-state index in [9.17, 15) is 9.59 Å². The molecule has 0 bridgehead atoms. The molecule has 0 aliphatic rings. The van der Waals surface area contributed by atoms with Crippen molar-refractivity contribution in [3.8, 4) is 5.75 Å². The van der Waals surface area contributed by atoms with E-state index in [2.05, 4.69) is 10.3 Å². The van der Waals surface area contributed by atoms with E-state index in [0.717, 1.165) is 5.69 Å². The number of benzene rings is 2. The van der Waals surface area contributed by atoms with Crippen molar-refractivity contribution in [1.29, 1.82) is 0 Å². The zero-order valence-corrected chi connectivity index (χ0v) is 14.0. The zero-order chi connectivity index (χ0) is 17.6. The normalized spacial score (nSPS) is 10.2. The van der Waals surface area contributed by atoms with Crippen LogP contribution in [0, 0.1) is 0 Å². The van der Waals surface area contributed by atoms with E-state index < -0.39 is 5.91 Å². The number of carbonyl (C=O) groups excluding carboxylic acids is 2. The van der Waals surface area contributed by atoms with E-state index in [1.807, 2.05) is 5.38 Å². The molecule has 0 saturated carbocycles. The van der Waals surface area contributed by atoms with Crippen molar-refractivity contribution in [3.05, 3.63) is 76.2 Å². The average Bonchev–Trinajstić information content (AvgIpc) is 3.14. The molecule has 0 fully saturated rings. The summed E-state index contributed by atoms with van der Waals surface area (Å²) in [4.78, 5) is 28.0. The molecule has 0 unspecified atom stereocenters. The fourth-order valence-electron chi connectivity index (χ4n) is 2.19. The molecule has 2 amide bonds. The molecular formula is C18H15N3O3S. The van der Waals surface area contributed by atoms with E-state index in [-0.39, 0.29) is 12.5 Å². The lowest BCUT2D eigenvalue weighted by atomic mass is 10.1. The van der Waals surface area contributed by atoms with Gasteiger partial charge in [-0.15, -0.1) is 11.3 Å².